The van der Waals surface area contributed by atoms with E-state index in [1.165, 1.54) is 0 Å². The summed E-state index contributed by atoms with van der Waals surface area (Å²) in [4.78, 5) is 25.2. The Balaban J connectivity index is 2.01. The zero-order chi connectivity index (χ0) is 19.4. The summed E-state index contributed by atoms with van der Waals surface area (Å²) in [7, 11) is 0. The molecule has 140 valence electrons. The van der Waals surface area contributed by atoms with Gasteiger partial charge in [-0.1, -0.05) is 41.4 Å². The zero-order valence-electron chi connectivity index (χ0n) is 14.0. The highest BCUT2D eigenvalue weighted by molar-refractivity contribution is 6.31. The van der Waals surface area contributed by atoms with Crippen LogP contribution in [-0.2, 0) is 0 Å². The molecular formula is C18H16Cl2N4O3. The number of benzene rings is 2. The van der Waals surface area contributed by atoms with Crippen LogP contribution >= 0.6 is 23.2 Å². The Morgan fingerprint density at radius 2 is 1.89 bits per heavy atom. The molecule has 27 heavy (non-hydrogen) atoms. The zero-order valence-corrected chi connectivity index (χ0v) is 15.5. The third-order valence-corrected chi connectivity index (χ3v) is 4.50. The third-order valence-electron chi connectivity index (χ3n) is 3.92. The number of hydrogen-bond acceptors (Lipinski definition) is 5. The molecule has 0 amide bonds. The molecular weight excluding hydrogens is 391 g/mol. The minimum atomic E-state index is -0.654. The monoisotopic (exact) mass is 406 g/mol. The van der Waals surface area contributed by atoms with Gasteiger partial charge in [0.25, 0.3) is 5.56 Å². The van der Waals surface area contributed by atoms with Crippen molar-refractivity contribution < 1.29 is 5.11 Å². The van der Waals surface area contributed by atoms with Crippen LogP contribution in [0.5, 0.6) is 0 Å². The minimum Gasteiger partial charge on any atom is -0.395 e. The summed E-state index contributed by atoms with van der Waals surface area (Å²) in [5.41, 5.74) is 0.867. The van der Waals surface area contributed by atoms with Crippen molar-refractivity contribution in [2.45, 2.75) is 6.04 Å². The first-order valence-electron chi connectivity index (χ1n) is 8.08. The van der Waals surface area contributed by atoms with Crippen molar-refractivity contribution in [3.05, 3.63) is 90.7 Å². The van der Waals surface area contributed by atoms with Gasteiger partial charge in [0.05, 0.1) is 18.3 Å². The number of halogens is 2. The maximum atomic E-state index is 11.9. The normalized spacial score (nSPS) is 12.1. The second-order valence-corrected chi connectivity index (χ2v) is 6.56. The van der Waals surface area contributed by atoms with Gasteiger partial charge < -0.3 is 10.4 Å². The van der Waals surface area contributed by atoms with E-state index in [-0.39, 0.29) is 12.6 Å². The fraction of sp³-hybridized carbons (Fsp3) is 0.167. The van der Waals surface area contributed by atoms with Crippen LogP contribution in [0.4, 0.5) is 0 Å². The van der Waals surface area contributed by atoms with E-state index in [4.69, 9.17) is 23.2 Å². The first kappa shape index (κ1) is 19.3. The lowest BCUT2D eigenvalue weighted by molar-refractivity contribution is 0.288. The van der Waals surface area contributed by atoms with Crippen LogP contribution in [0.3, 0.4) is 0 Å². The quantitative estimate of drug-likeness (QED) is 0.580. The van der Waals surface area contributed by atoms with Crippen LogP contribution in [-0.4, -0.2) is 33.0 Å². The first-order valence-corrected chi connectivity index (χ1v) is 8.83. The number of H-pyrrole nitrogens is 1. The van der Waals surface area contributed by atoms with Crippen molar-refractivity contribution in [1.29, 1.82) is 0 Å². The molecule has 0 aliphatic carbocycles. The number of nitrogens with one attached hydrogen (secondary N) is 2. The van der Waals surface area contributed by atoms with Crippen molar-refractivity contribution in [1.82, 2.24) is 20.1 Å². The van der Waals surface area contributed by atoms with Crippen LogP contribution in [0.15, 0.2) is 58.3 Å². The van der Waals surface area contributed by atoms with Gasteiger partial charge in [-0.05, 0) is 35.4 Å². The molecule has 0 aliphatic rings. The van der Waals surface area contributed by atoms with Crippen LogP contribution in [0, 0.1) is 0 Å². The summed E-state index contributed by atoms with van der Waals surface area (Å²) in [6.07, 6.45) is 1.02. The number of nitrogens with zero attached hydrogens (tertiary/aromatic N) is 2. The molecule has 1 atom stereocenters. The van der Waals surface area contributed by atoms with E-state index in [1.807, 2.05) is 12.1 Å². The molecule has 0 bridgehead atoms. The number of aliphatic hydroxyl groups is 1. The van der Waals surface area contributed by atoms with Crippen molar-refractivity contribution in [2.75, 3.05) is 13.2 Å². The molecule has 1 heterocycles. The summed E-state index contributed by atoms with van der Waals surface area (Å²) in [6, 6.07) is 12.0. The number of aromatic amines is 1. The average molecular weight is 407 g/mol. The van der Waals surface area contributed by atoms with Gasteiger partial charge in [-0.25, -0.2) is 4.79 Å². The van der Waals surface area contributed by atoms with E-state index < -0.39 is 11.2 Å². The number of hydrogen-bond donors (Lipinski definition) is 3. The predicted molar refractivity (Wildman–Crippen MR) is 104 cm³/mol. The van der Waals surface area contributed by atoms with Gasteiger partial charge in [0, 0.05) is 16.6 Å². The summed E-state index contributed by atoms with van der Waals surface area (Å²) in [5.74, 6) is 0. The van der Waals surface area contributed by atoms with E-state index >= 15 is 0 Å². The largest absolute Gasteiger partial charge is 0.395 e. The maximum absolute atomic E-state index is 11.9. The number of aromatic nitrogens is 3. The van der Waals surface area contributed by atoms with Gasteiger partial charge >= 0.3 is 5.69 Å². The molecule has 9 heteroatoms. The second kappa shape index (κ2) is 8.49. The minimum absolute atomic E-state index is 0.0313. The summed E-state index contributed by atoms with van der Waals surface area (Å²) in [5, 5.41) is 17.2. The van der Waals surface area contributed by atoms with Crippen molar-refractivity contribution in [3.8, 4) is 5.69 Å². The van der Waals surface area contributed by atoms with Gasteiger partial charge in [-0.15, -0.1) is 0 Å². The Morgan fingerprint density at radius 1 is 1.15 bits per heavy atom. The van der Waals surface area contributed by atoms with E-state index in [1.54, 1.807) is 30.3 Å². The average Bonchev–Trinajstić information content (AvgIpc) is 2.64. The Morgan fingerprint density at radius 3 is 2.52 bits per heavy atom. The molecule has 2 aromatic carbocycles. The van der Waals surface area contributed by atoms with Crippen LogP contribution in [0.1, 0.15) is 17.2 Å². The van der Waals surface area contributed by atoms with Gasteiger partial charge in [-0.2, -0.15) is 9.78 Å². The lowest BCUT2D eigenvalue weighted by atomic mass is 9.98. The van der Waals surface area contributed by atoms with Crippen LogP contribution in [0.2, 0.25) is 10.0 Å². The summed E-state index contributed by atoms with van der Waals surface area (Å²) in [6.45, 7) is 0.336. The highest BCUT2D eigenvalue weighted by atomic mass is 35.5. The lowest BCUT2D eigenvalue weighted by Crippen LogP contribution is -2.30. The van der Waals surface area contributed by atoms with E-state index in [2.05, 4.69) is 15.4 Å². The van der Waals surface area contributed by atoms with Gasteiger partial charge in [0.2, 0.25) is 0 Å². The second-order valence-electron chi connectivity index (χ2n) is 5.72. The maximum Gasteiger partial charge on any atom is 0.349 e. The van der Waals surface area contributed by atoms with Gasteiger partial charge in [0.15, 0.2) is 0 Å². The molecule has 0 fully saturated rings. The molecule has 3 aromatic rings. The number of aliphatic hydroxyl groups excluding tert-OH is 1. The Hall–Kier alpha value is -2.45. The van der Waals surface area contributed by atoms with Crippen LogP contribution in [0.25, 0.3) is 5.69 Å². The molecule has 3 N–H and O–H groups in total. The van der Waals surface area contributed by atoms with Crippen molar-refractivity contribution in [2.24, 2.45) is 0 Å². The van der Waals surface area contributed by atoms with Gasteiger partial charge in [-0.3, -0.25) is 9.78 Å². The standard InChI is InChI=1S/C18H16Cl2N4O3/c19-12-3-1-11(2-4-12)17(21-7-8-25)14-6-5-13(9-15(14)20)24-18(27)23-16(26)10-22-24/h1-6,9-10,17,21,25H,7-8H2,(H,23,26,27). The fourth-order valence-electron chi connectivity index (χ4n) is 2.69. The van der Waals surface area contributed by atoms with Gasteiger partial charge in [0.1, 0.15) is 6.20 Å². The lowest BCUT2D eigenvalue weighted by Gasteiger charge is -2.21. The molecule has 1 unspecified atom stereocenters. The van der Waals surface area contributed by atoms with Crippen molar-refractivity contribution in [3.63, 3.8) is 0 Å². The van der Waals surface area contributed by atoms with E-state index in [0.717, 1.165) is 22.0 Å². The molecule has 0 radical (unpaired) electrons. The molecule has 0 spiro atoms. The van der Waals surface area contributed by atoms with E-state index in [0.29, 0.717) is 22.3 Å². The Labute approximate surface area is 164 Å². The molecule has 1 aromatic heterocycles. The molecule has 0 saturated carbocycles. The molecule has 7 nitrogen and oxygen atoms in total. The number of rotatable bonds is 6. The Bertz CT molecular complexity index is 1050. The highest BCUT2D eigenvalue weighted by Gasteiger charge is 2.17. The molecule has 0 saturated heterocycles. The summed E-state index contributed by atoms with van der Waals surface area (Å²) < 4.78 is 1.05. The Kier molecular flexibility index (Phi) is 6.08. The van der Waals surface area contributed by atoms with E-state index in [9.17, 15) is 14.7 Å². The highest BCUT2D eigenvalue weighted by Crippen LogP contribution is 2.30. The SMILES string of the molecule is O=c1cnn(-c2ccc(C(NCCO)c3ccc(Cl)cc3)c(Cl)c2)c(=O)[nH]1. The third kappa shape index (κ3) is 4.45. The molecule has 0 aliphatic heterocycles. The summed E-state index contributed by atoms with van der Waals surface area (Å²) >= 11 is 12.4. The predicted octanol–water partition coefficient (Wildman–Crippen LogP) is 1.90. The van der Waals surface area contributed by atoms with Crippen molar-refractivity contribution >= 4 is 23.2 Å². The smallest absolute Gasteiger partial charge is 0.349 e. The van der Waals surface area contributed by atoms with Crippen LogP contribution < -0.4 is 16.6 Å². The molecule has 3 rings (SSSR count). The topological polar surface area (TPSA) is 100 Å². The fourth-order valence-corrected chi connectivity index (χ4v) is 3.10. The first-order chi connectivity index (χ1) is 13.0.